The van der Waals surface area contributed by atoms with Crippen LogP contribution in [-0.4, -0.2) is 42.4 Å². The van der Waals surface area contributed by atoms with Gasteiger partial charge in [0.1, 0.15) is 5.54 Å². The Hall–Kier alpha value is -2.60. The maximum atomic E-state index is 12.3. The lowest BCUT2D eigenvalue weighted by Gasteiger charge is -2.21. The van der Waals surface area contributed by atoms with Gasteiger partial charge in [0, 0.05) is 18.5 Å². The first-order valence-corrected chi connectivity index (χ1v) is 9.37. The number of carbonyl (C=O) groups is 2. The molecule has 6 heteroatoms. The highest BCUT2D eigenvalue weighted by molar-refractivity contribution is 5.84. The molecule has 2 atom stereocenters. The number of likely N-dealkylation sites (tertiary alicyclic amines) is 1. The van der Waals surface area contributed by atoms with Gasteiger partial charge in [-0.25, -0.2) is 9.59 Å². The monoisotopic (exact) mass is 366 g/mol. The normalized spacial score (nSPS) is 27.1. The smallest absolute Gasteiger partial charge is 0.412 e. The Labute approximate surface area is 157 Å². The molecular formula is C21H22N2O4. The Morgan fingerprint density at radius 2 is 1.89 bits per heavy atom. The summed E-state index contributed by atoms with van der Waals surface area (Å²) in [6, 6.07) is 14.9. The molecule has 1 amide bonds. The number of amides is 1. The molecule has 2 aliphatic carbocycles. The molecule has 2 N–H and O–H groups in total. The number of hydrogen-bond donors (Lipinski definition) is 1. The molecular weight excluding hydrogens is 344 g/mol. The molecule has 1 saturated heterocycles. The van der Waals surface area contributed by atoms with E-state index in [4.69, 9.17) is 15.2 Å². The van der Waals surface area contributed by atoms with Crippen molar-refractivity contribution in [1.82, 2.24) is 4.90 Å². The van der Waals surface area contributed by atoms with Crippen LogP contribution in [0.4, 0.5) is 4.79 Å². The number of hydrogen-bond acceptors (Lipinski definition) is 5. The molecule has 1 aliphatic heterocycles. The van der Waals surface area contributed by atoms with Gasteiger partial charge in [0.15, 0.2) is 0 Å². The van der Waals surface area contributed by atoms with Crippen molar-refractivity contribution in [2.45, 2.75) is 30.2 Å². The van der Waals surface area contributed by atoms with E-state index in [0.717, 1.165) is 6.42 Å². The largest absolute Gasteiger partial charge is 0.426 e. The fourth-order valence-electron chi connectivity index (χ4n) is 4.28. The molecule has 2 saturated carbocycles. The molecule has 6 nitrogen and oxygen atoms in total. The average molecular weight is 366 g/mol. The second-order valence-corrected chi connectivity index (χ2v) is 8.12. The Morgan fingerprint density at radius 1 is 1.11 bits per heavy atom. The molecule has 0 bridgehead atoms. The van der Waals surface area contributed by atoms with Crippen LogP contribution in [0.3, 0.4) is 0 Å². The van der Waals surface area contributed by atoms with Crippen molar-refractivity contribution < 1.29 is 19.1 Å². The molecule has 0 unspecified atom stereocenters. The van der Waals surface area contributed by atoms with E-state index >= 15 is 0 Å². The van der Waals surface area contributed by atoms with Crippen molar-refractivity contribution >= 4 is 22.8 Å². The number of fused-ring (bicyclic) bond motifs is 2. The van der Waals surface area contributed by atoms with Crippen molar-refractivity contribution in [1.29, 1.82) is 0 Å². The van der Waals surface area contributed by atoms with Crippen molar-refractivity contribution in [3.8, 4) is 0 Å². The zero-order valence-corrected chi connectivity index (χ0v) is 15.0. The fourth-order valence-corrected chi connectivity index (χ4v) is 4.28. The number of esters is 1. The topological polar surface area (TPSA) is 81.9 Å². The molecule has 27 heavy (non-hydrogen) atoms. The van der Waals surface area contributed by atoms with Gasteiger partial charge in [-0.05, 0) is 41.5 Å². The quantitative estimate of drug-likeness (QED) is 0.664. The second-order valence-electron chi connectivity index (χ2n) is 8.12. The Balaban J connectivity index is 1.21. The summed E-state index contributed by atoms with van der Waals surface area (Å²) in [5.41, 5.74) is 6.21. The van der Waals surface area contributed by atoms with E-state index in [1.54, 1.807) is 4.90 Å². The summed E-state index contributed by atoms with van der Waals surface area (Å²) in [5.74, 6) is -0.0280. The van der Waals surface area contributed by atoms with Gasteiger partial charge in [-0.15, -0.1) is 0 Å². The van der Waals surface area contributed by atoms with Crippen LogP contribution in [0.5, 0.6) is 0 Å². The van der Waals surface area contributed by atoms with Gasteiger partial charge in [0.25, 0.3) is 0 Å². The predicted molar refractivity (Wildman–Crippen MR) is 98.9 cm³/mol. The Kier molecular flexibility index (Phi) is 3.49. The van der Waals surface area contributed by atoms with E-state index in [-0.39, 0.29) is 12.2 Å². The zero-order valence-electron chi connectivity index (χ0n) is 15.0. The number of piperidine rings is 1. The average Bonchev–Trinajstić information content (AvgIpc) is 3.57. The summed E-state index contributed by atoms with van der Waals surface area (Å²) in [7, 11) is 0. The lowest BCUT2D eigenvalue weighted by Crippen LogP contribution is -2.37. The number of ether oxygens (including phenoxy) is 2. The first kappa shape index (κ1) is 16.6. The summed E-state index contributed by atoms with van der Waals surface area (Å²) in [4.78, 5) is 25.7. The first-order valence-electron chi connectivity index (χ1n) is 9.37. The molecule has 3 aliphatic rings. The minimum Gasteiger partial charge on any atom is -0.426 e. The van der Waals surface area contributed by atoms with E-state index in [9.17, 15) is 9.59 Å². The Morgan fingerprint density at radius 3 is 2.67 bits per heavy atom. The molecule has 140 valence electrons. The van der Waals surface area contributed by atoms with Crippen molar-refractivity contribution in [2.24, 2.45) is 11.7 Å². The van der Waals surface area contributed by atoms with Crippen LogP contribution in [0.2, 0.25) is 0 Å². The van der Waals surface area contributed by atoms with Crippen LogP contribution < -0.4 is 5.73 Å². The minimum absolute atomic E-state index is 0.0368. The van der Waals surface area contributed by atoms with Gasteiger partial charge in [0.2, 0.25) is 6.79 Å². The fraction of sp³-hybridized carbons (Fsp3) is 0.429. The van der Waals surface area contributed by atoms with Crippen LogP contribution >= 0.6 is 0 Å². The summed E-state index contributed by atoms with van der Waals surface area (Å²) in [6.07, 6.45) is 1.92. The lowest BCUT2D eigenvalue weighted by molar-refractivity contribution is -0.155. The number of nitrogens with zero attached hydrogens (tertiary/aromatic N) is 1. The first-order chi connectivity index (χ1) is 13.0. The van der Waals surface area contributed by atoms with E-state index in [0.29, 0.717) is 31.8 Å². The summed E-state index contributed by atoms with van der Waals surface area (Å²) < 4.78 is 10.1. The summed E-state index contributed by atoms with van der Waals surface area (Å²) in [5, 5.41) is 2.44. The third kappa shape index (κ3) is 2.75. The van der Waals surface area contributed by atoms with Gasteiger partial charge in [-0.3, -0.25) is 0 Å². The van der Waals surface area contributed by atoms with Crippen molar-refractivity contribution in [3.05, 3.63) is 48.0 Å². The highest BCUT2D eigenvalue weighted by Crippen LogP contribution is 2.59. The molecule has 5 rings (SSSR count). The molecule has 3 fully saturated rings. The van der Waals surface area contributed by atoms with Crippen molar-refractivity contribution in [3.63, 3.8) is 0 Å². The lowest BCUT2D eigenvalue weighted by atomic mass is 9.93. The van der Waals surface area contributed by atoms with Crippen LogP contribution in [0.1, 0.15) is 24.8 Å². The van der Waals surface area contributed by atoms with Gasteiger partial charge in [-0.1, -0.05) is 42.5 Å². The van der Waals surface area contributed by atoms with Crippen LogP contribution in [0.25, 0.3) is 10.8 Å². The number of carbonyl (C=O) groups excluding carboxylic acids is 2. The minimum atomic E-state index is -0.859. The molecule has 2 aromatic rings. The van der Waals surface area contributed by atoms with Gasteiger partial charge in [0.05, 0.1) is 0 Å². The standard InChI is InChI=1S/C21H22N2O4/c22-21(7-8-21)18(24)26-13-27-19(25)23-11-17-10-20(17,12-23)16-6-5-14-3-1-2-4-15(14)9-16/h1-6,9,17H,7-8,10-13,22H2/t17-,20+/m1/s1. The predicted octanol–water partition coefficient (Wildman–Crippen LogP) is 2.54. The highest BCUT2D eigenvalue weighted by atomic mass is 16.7. The maximum Gasteiger partial charge on any atom is 0.412 e. The molecule has 0 aromatic heterocycles. The summed E-state index contributed by atoms with van der Waals surface area (Å²) >= 11 is 0. The number of nitrogens with two attached hydrogens (primary N) is 1. The van der Waals surface area contributed by atoms with Gasteiger partial charge < -0.3 is 20.1 Å². The van der Waals surface area contributed by atoms with Gasteiger partial charge >= 0.3 is 12.1 Å². The molecule has 1 heterocycles. The van der Waals surface area contributed by atoms with Crippen LogP contribution in [-0.2, 0) is 19.7 Å². The van der Waals surface area contributed by atoms with E-state index < -0.39 is 17.6 Å². The molecule has 2 aromatic carbocycles. The van der Waals surface area contributed by atoms with Crippen LogP contribution in [0.15, 0.2) is 42.5 Å². The summed E-state index contributed by atoms with van der Waals surface area (Å²) in [6.45, 7) is 0.949. The maximum absolute atomic E-state index is 12.3. The third-order valence-electron chi connectivity index (χ3n) is 6.30. The SMILES string of the molecule is NC1(C(=O)OCOC(=O)N2C[C@H]3C[C@@]3(c3ccc4ccccc4c3)C2)CC1. The van der Waals surface area contributed by atoms with Gasteiger partial charge in [-0.2, -0.15) is 0 Å². The third-order valence-corrected chi connectivity index (χ3v) is 6.30. The highest BCUT2D eigenvalue weighted by Gasteiger charge is 2.62. The van der Waals surface area contributed by atoms with Crippen molar-refractivity contribution in [2.75, 3.05) is 19.9 Å². The molecule has 0 radical (unpaired) electrons. The second kappa shape index (κ2) is 5.70. The van der Waals surface area contributed by atoms with E-state index in [1.165, 1.54) is 16.3 Å². The number of benzene rings is 2. The Bertz CT molecular complexity index is 939. The van der Waals surface area contributed by atoms with E-state index in [1.807, 2.05) is 12.1 Å². The van der Waals surface area contributed by atoms with Crippen LogP contribution in [0, 0.1) is 5.92 Å². The van der Waals surface area contributed by atoms with E-state index in [2.05, 4.69) is 30.3 Å². The number of rotatable bonds is 4. The molecule has 0 spiro atoms. The zero-order chi connectivity index (χ0) is 18.6.